The first-order valence-corrected chi connectivity index (χ1v) is 4.18. The third kappa shape index (κ3) is 2.47. The molecule has 0 saturated carbocycles. The molecule has 14 heavy (non-hydrogen) atoms. The average molecular weight is 194 g/mol. The highest BCUT2D eigenvalue weighted by molar-refractivity contribution is 5.96. The van der Waals surface area contributed by atoms with E-state index in [9.17, 15) is 4.79 Å². The van der Waals surface area contributed by atoms with Crippen LogP contribution in [-0.4, -0.2) is 24.4 Å². The fraction of sp³-hybridized carbons (Fsp3) is 0.300. The van der Waals surface area contributed by atoms with Gasteiger partial charge in [0.2, 0.25) is 0 Å². The zero-order chi connectivity index (χ0) is 10.6. The van der Waals surface area contributed by atoms with Crippen LogP contribution in [0.2, 0.25) is 0 Å². The van der Waals surface area contributed by atoms with Crippen LogP contribution in [0.1, 0.15) is 17.3 Å². The Morgan fingerprint density at radius 2 is 2.43 bits per heavy atom. The van der Waals surface area contributed by atoms with Crippen LogP contribution >= 0.6 is 0 Å². The van der Waals surface area contributed by atoms with E-state index in [1.807, 2.05) is 0 Å². The Morgan fingerprint density at radius 3 is 3.00 bits per heavy atom. The molecule has 0 aromatic heterocycles. The second-order valence-electron chi connectivity index (χ2n) is 2.78. The number of aliphatic hydroxyl groups excluding tert-OH is 1. The molecule has 1 radical (unpaired) electrons. The number of methoxy groups -OCH3 is 1. The molecular formula is C10H12NO3. The molecule has 4 heteroatoms. The summed E-state index contributed by atoms with van der Waals surface area (Å²) in [5, 5.41) is 11.3. The smallest absolute Gasteiger partial charge is 0.257 e. The van der Waals surface area contributed by atoms with Gasteiger partial charge in [0.1, 0.15) is 12.0 Å². The average Bonchev–Trinajstić information content (AvgIpc) is 2.16. The van der Waals surface area contributed by atoms with Gasteiger partial charge in [-0.1, -0.05) is 6.07 Å². The molecule has 0 fully saturated rings. The Balaban J connectivity index is 2.88. The minimum absolute atomic E-state index is 0.370. The highest BCUT2D eigenvalue weighted by atomic mass is 16.5. The summed E-state index contributed by atoms with van der Waals surface area (Å²) >= 11 is 0. The molecule has 0 aliphatic rings. The lowest BCUT2D eigenvalue weighted by Crippen LogP contribution is -2.32. The monoisotopic (exact) mass is 194 g/mol. The second-order valence-corrected chi connectivity index (χ2v) is 2.78. The Bertz CT molecular complexity index is 323. The Hall–Kier alpha value is -1.55. The van der Waals surface area contributed by atoms with Crippen molar-refractivity contribution in [3.8, 4) is 5.75 Å². The second kappa shape index (κ2) is 4.62. The van der Waals surface area contributed by atoms with Crippen molar-refractivity contribution in [2.24, 2.45) is 0 Å². The van der Waals surface area contributed by atoms with Gasteiger partial charge in [0.15, 0.2) is 0 Å². The minimum Gasteiger partial charge on any atom is -0.496 e. The number of rotatable bonds is 3. The highest BCUT2D eigenvalue weighted by Gasteiger charge is 2.11. The quantitative estimate of drug-likeness (QED) is 0.691. The van der Waals surface area contributed by atoms with Crippen molar-refractivity contribution in [1.82, 2.24) is 5.32 Å². The van der Waals surface area contributed by atoms with Crippen molar-refractivity contribution in [3.63, 3.8) is 0 Å². The van der Waals surface area contributed by atoms with Crippen LogP contribution in [0.25, 0.3) is 0 Å². The van der Waals surface area contributed by atoms with Crippen LogP contribution in [0, 0.1) is 6.07 Å². The summed E-state index contributed by atoms with van der Waals surface area (Å²) in [7, 11) is 1.47. The summed E-state index contributed by atoms with van der Waals surface area (Å²) in [5.74, 6) is 0.0662. The molecule has 75 valence electrons. The summed E-state index contributed by atoms with van der Waals surface area (Å²) in [6, 6.07) is 7.55. The van der Waals surface area contributed by atoms with Gasteiger partial charge < -0.3 is 15.2 Å². The van der Waals surface area contributed by atoms with E-state index in [1.54, 1.807) is 18.2 Å². The van der Waals surface area contributed by atoms with Gasteiger partial charge >= 0.3 is 0 Å². The molecule has 1 rings (SSSR count). The zero-order valence-electron chi connectivity index (χ0n) is 8.07. The third-order valence-corrected chi connectivity index (χ3v) is 1.63. The van der Waals surface area contributed by atoms with E-state index in [4.69, 9.17) is 9.84 Å². The molecule has 1 amide bonds. The van der Waals surface area contributed by atoms with E-state index in [-0.39, 0.29) is 5.91 Å². The van der Waals surface area contributed by atoms with Crippen LogP contribution in [0.15, 0.2) is 18.2 Å². The van der Waals surface area contributed by atoms with Crippen LogP contribution in [-0.2, 0) is 0 Å². The number of carbonyl (C=O) groups excluding carboxylic acids is 1. The molecule has 0 spiro atoms. The Morgan fingerprint density at radius 1 is 1.71 bits per heavy atom. The molecule has 2 N–H and O–H groups in total. The lowest BCUT2D eigenvalue weighted by Gasteiger charge is -2.10. The molecule has 4 nitrogen and oxygen atoms in total. The lowest BCUT2D eigenvalue weighted by atomic mass is 10.2. The maximum atomic E-state index is 11.5. The topological polar surface area (TPSA) is 58.6 Å². The fourth-order valence-corrected chi connectivity index (χ4v) is 1.04. The first-order valence-electron chi connectivity index (χ1n) is 4.18. The Kier molecular flexibility index (Phi) is 3.48. The van der Waals surface area contributed by atoms with Crippen molar-refractivity contribution in [1.29, 1.82) is 0 Å². The van der Waals surface area contributed by atoms with Crippen molar-refractivity contribution in [2.75, 3.05) is 7.11 Å². The van der Waals surface area contributed by atoms with Crippen molar-refractivity contribution in [3.05, 3.63) is 29.8 Å². The predicted molar refractivity (Wildman–Crippen MR) is 51.0 cm³/mol. The Labute approximate surface area is 82.5 Å². The van der Waals surface area contributed by atoms with Gasteiger partial charge in [0.05, 0.1) is 12.7 Å². The SMILES string of the molecule is COc1c[c]ccc1C(=O)NC(C)O. The zero-order valence-corrected chi connectivity index (χ0v) is 8.07. The van der Waals surface area contributed by atoms with E-state index in [1.165, 1.54) is 14.0 Å². The van der Waals surface area contributed by atoms with Gasteiger partial charge in [-0.05, 0) is 25.1 Å². The van der Waals surface area contributed by atoms with Gasteiger partial charge in [-0.3, -0.25) is 4.79 Å². The molecule has 1 aromatic rings. The number of benzene rings is 1. The largest absolute Gasteiger partial charge is 0.496 e. The van der Waals surface area contributed by atoms with E-state index in [0.717, 1.165) is 0 Å². The van der Waals surface area contributed by atoms with Crippen LogP contribution < -0.4 is 10.1 Å². The number of amides is 1. The summed E-state index contributed by atoms with van der Waals surface area (Å²) in [4.78, 5) is 11.5. The van der Waals surface area contributed by atoms with Crippen LogP contribution in [0.5, 0.6) is 5.75 Å². The highest BCUT2D eigenvalue weighted by Crippen LogP contribution is 2.16. The summed E-state index contributed by atoms with van der Waals surface area (Å²) in [6.45, 7) is 1.47. The van der Waals surface area contributed by atoms with Crippen LogP contribution in [0.3, 0.4) is 0 Å². The fourth-order valence-electron chi connectivity index (χ4n) is 1.04. The standard InChI is InChI=1S/C10H12NO3/c1-7(12)11-10(13)8-5-3-4-6-9(8)14-2/h3,5-7,12H,1-2H3,(H,11,13). The number of aliphatic hydroxyl groups is 1. The van der Waals surface area contributed by atoms with Crippen molar-refractivity contribution >= 4 is 5.91 Å². The molecule has 0 aliphatic carbocycles. The normalized spacial score (nSPS) is 11.9. The molecule has 0 aliphatic heterocycles. The summed E-state index contributed by atoms with van der Waals surface area (Å²) in [6.07, 6.45) is -0.878. The predicted octanol–water partition coefficient (Wildman–Crippen LogP) is 0.563. The van der Waals surface area contributed by atoms with E-state index in [2.05, 4.69) is 11.4 Å². The number of carbonyl (C=O) groups is 1. The number of hydrogen-bond acceptors (Lipinski definition) is 3. The van der Waals surface area contributed by atoms with Crippen LogP contribution in [0.4, 0.5) is 0 Å². The van der Waals surface area contributed by atoms with E-state index >= 15 is 0 Å². The van der Waals surface area contributed by atoms with Crippen molar-refractivity contribution < 1.29 is 14.6 Å². The van der Waals surface area contributed by atoms with Gasteiger partial charge in [0.25, 0.3) is 5.91 Å². The maximum Gasteiger partial charge on any atom is 0.257 e. The molecule has 0 bridgehead atoms. The minimum atomic E-state index is -0.878. The van der Waals surface area contributed by atoms with Gasteiger partial charge in [-0.2, -0.15) is 0 Å². The van der Waals surface area contributed by atoms with Crippen molar-refractivity contribution in [2.45, 2.75) is 13.2 Å². The van der Waals surface area contributed by atoms with E-state index < -0.39 is 6.23 Å². The number of nitrogens with one attached hydrogen (secondary N) is 1. The first kappa shape index (κ1) is 10.5. The maximum absolute atomic E-state index is 11.5. The molecule has 0 heterocycles. The first-order chi connectivity index (χ1) is 6.65. The molecule has 1 atom stereocenters. The summed E-state index contributed by atoms with van der Waals surface area (Å²) in [5.41, 5.74) is 0.382. The lowest BCUT2D eigenvalue weighted by molar-refractivity contribution is 0.0816. The van der Waals surface area contributed by atoms with E-state index in [0.29, 0.717) is 11.3 Å². The third-order valence-electron chi connectivity index (χ3n) is 1.63. The van der Waals surface area contributed by atoms with Gasteiger partial charge in [-0.25, -0.2) is 0 Å². The van der Waals surface area contributed by atoms with Gasteiger partial charge in [0, 0.05) is 0 Å². The number of ether oxygens (including phenoxy) is 1. The summed E-state index contributed by atoms with van der Waals surface area (Å²) < 4.78 is 4.97. The number of hydrogen-bond donors (Lipinski definition) is 2. The molecular weight excluding hydrogens is 182 g/mol. The molecule has 1 aromatic carbocycles. The molecule has 1 unspecified atom stereocenters. The van der Waals surface area contributed by atoms with Gasteiger partial charge in [-0.15, -0.1) is 0 Å². The molecule has 0 saturated heterocycles.